The number of rotatable bonds is 4. The Bertz CT molecular complexity index is 654. The summed E-state index contributed by atoms with van der Waals surface area (Å²) < 4.78 is 31.1. The molecule has 0 fully saturated rings. The fourth-order valence-electron chi connectivity index (χ4n) is 1.98. The molecular weight excluding hydrogens is 278 g/mol. The molecule has 1 heterocycles. The van der Waals surface area contributed by atoms with Gasteiger partial charge >= 0.3 is 0 Å². The van der Waals surface area contributed by atoms with Gasteiger partial charge in [0.2, 0.25) is 11.9 Å². The first-order valence-corrected chi connectivity index (χ1v) is 6.25. The highest BCUT2D eigenvalue weighted by Crippen LogP contribution is 2.20. The van der Waals surface area contributed by atoms with E-state index in [0.29, 0.717) is 22.4 Å². The molecule has 0 saturated heterocycles. The summed E-state index contributed by atoms with van der Waals surface area (Å²) in [6.45, 7) is 1.77. The van der Waals surface area contributed by atoms with Crippen LogP contribution in [0.5, 0.6) is 5.75 Å². The number of halogens is 2. The molecule has 0 aliphatic rings. The van der Waals surface area contributed by atoms with E-state index in [1.807, 2.05) is 0 Å². The second-order valence-electron chi connectivity index (χ2n) is 4.44. The molecule has 4 nitrogen and oxygen atoms in total. The first-order valence-electron chi connectivity index (χ1n) is 6.25. The summed E-state index contributed by atoms with van der Waals surface area (Å²) in [6, 6.07) is 7.25. The van der Waals surface area contributed by atoms with Crippen LogP contribution in [0.4, 0.5) is 8.78 Å². The van der Waals surface area contributed by atoms with Crippen molar-refractivity contribution in [1.29, 1.82) is 0 Å². The molecule has 21 heavy (non-hydrogen) atoms. The molecule has 0 bridgehead atoms. The number of pyridine rings is 1. The Labute approximate surface area is 120 Å². The highest BCUT2D eigenvalue weighted by atomic mass is 19.1. The van der Waals surface area contributed by atoms with Gasteiger partial charge in [-0.1, -0.05) is 6.07 Å². The minimum atomic E-state index is -0.920. The zero-order valence-corrected chi connectivity index (χ0v) is 11.6. The number of hydrogen-bond donors (Lipinski definition) is 1. The van der Waals surface area contributed by atoms with Gasteiger partial charge in [0.05, 0.1) is 7.11 Å². The number of hydrogen-bond acceptors (Lipinski definition) is 3. The van der Waals surface area contributed by atoms with Gasteiger partial charge in [-0.05, 0) is 36.8 Å². The molecule has 0 aliphatic heterocycles. The summed E-state index contributed by atoms with van der Waals surface area (Å²) >= 11 is 0. The van der Waals surface area contributed by atoms with Gasteiger partial charge in [0.15, 0.2) is 0 Å². The Morgan fingerprint density at radius 2 is 1.95 bits per heavy atom. The van der Waals surface area contributed by atoms with Crippen LogP contribution in [-0.4, -0.2) is 18.0 Å². The standard InChI is InChI=1S/C15H14F2N2O2/c1-9-11(4-3-5-12(9)21-2)15(20)18-8-10-6-13(16)19-14(17)7-10/h3-7H,8H2,1-2H3,(H,18,20). The lowest BCUT2D eigenvalue weighted by atomic mass is 10.1. The number of nitrogens with zero attached hydrogens (tertiary/aromatic N) is 1. The Hall–Kier alpha value is -2.50. The average Bonchev–Trinajstić information content (AvgIpc) is 2.44. The average molecular weight is 292 g/mol. The summed E-state index contributed by atoms with van der Waals surface area (Å²) in [5, 5.41) is 2.61. The van der Waals surface area contributed by atoms with Gasteiger partial charge in [0.25, 0.3) is 5.91 Å². The lowest BCUT2D eigenvalue weighted by Crippen LogP contribution is -2.24. The molecular formula is C15H14F2N2O2. The van der Waals surface area contributed by atoms with Gasteiger partial charge in [-0.3, -0.25) is 4.79 Å². The summed E-state index contributed by atoms with van der Waals surface area (Å²) in [7, 11) is 1.52. The zero-order valence-electron chi connectivity index (χ0n) is 11.6. The summed E-state index contributed by atoms with van der Waals surface area (Å²) in [6.07, 6.45) is 0. The third kappa shape index (κ3) is 3.53. The van der Waals surface area contributed by atoms with Crippen molar-refractivity contribution in [2.75, 3.05) is 7.11 Å². The van der Waals surface area contributed by atoms with Crippen molar-refractivity contribution in [3.8, 4) is 5.75 Å². The molecule has 6 heteroatoms. The van der Waals surface area contributed by atoms with Crippen molar-refractivity contribution in [2.45, 2.75) is 13.5 Å². The van der Waals surface area contributed by atoms with E-state index in [0.717, 1.165) is 12.1 Å². The number of amides is 1. The summed E-state index contributed by atoms with van der Waals surface area (Å²) in [5.41, 5.74) is 1.45. The fraction of sp³-hybridized carbons (Fsp3) is 0.200. The largest absolute Gasteiger partial charge is 0.496 e. The van der Waals surface area contributed by atoms with Crippen LogP contribution in [0.25, 0.3) is 0 Å². The number of aromatic nitrogens is 1. The lowest BCUT2D eigenvalue weighted by molar-refractivity contribution is 0.0949. The third-order valence-electron chi connectivity index (χ3n) is 3.02. The molecule has 110 valence electrons. The minimum Gasteiger partial charge on any atom is -0.496 e. The topological polar surface area (TPSA) is 51.2 Å². The summed E-state index contributed by atoms with van der Waals surface area (Å²) in [4.78, 5) is 15.1. The Morgan fingerprint density at radius 1 is 1.29 bits per heavy atom. The van der Waals surface area contributed by atoms with E-state index in [-0.39, 0.29) is 12.5 Å². The molecule has 1 aromatic carbocycles. The maximum absolute atomic E-state index is 13.0. The van der Waals surface area contributed by atoms with Gasteiger partial charge in [-0.15, -0.1) is 0 Å². The third-order valence-corrected chi connectivity index (χ3v) is 3.02. The van der Waals surface area contributed by atoms with E-state index in [1.165, 1.54) is 7.11 Å². The number of methoxy groups -OCH3 is 1. The van der Waals surface area contributed by atoms with E-state index >= 15 is 0 Å². The zero-order chi connectivity index (χ0) is 15.4. The number of carbonyl (C=O) groups excluding carboxylic acids is 1. The van der Waals surface area contributed by atoms with E-state index in [1.54, 1.807) is 25.1 Å². The molecule has 2 aromatic rings. The molecule has 1 amide bonds. The highest BCUT2D eigenvalue weighted by molar-refractivity contribution is 5.96. The molecule has 0 atom stereocenters. The summed E-state index contributed by atoms with van der Waals surface area (Å²) in [5.74, 6) is -1.58. The van der Waals surface area contributed by atoms with Crippen LogP contribution >= 0.6 is 0 Å². The molecule has 0 spiro atoms. The van der Waals surface area contributed by atoms with Crippen molar-refractivity contribution >= 4 is 5.91 Å². The van der Waals surface area contributed by atoms with E-state index in [4.69, 9.17) is 4.74 Å². The van der Waals surface area contributed by atoms with Crippen molar-refractivity contribution in [2.24, 2.45) is 0 Å². The highest BCUT2D eigenvalue weighted by Gasteiger charge is 2.12. The molecule has 2 rings (SSSR count). The van der Waals surface area contributed by atoms with Crippen molar-refractivity contribution in [3.05, 3.63) is 58.9 Å². The van der Waals surface area contributed by atoms with Crippen LogP contribution in [0.1, 0.15) is 21.5 Å². The number of nitrogens with one attached hydrogen (secondary N) is 1. The molecule has 0 aliphatic carbocycles. The van der Waals surface area contributed by atoms with Gasteiger partial charge in [-0.25, -0.2) is 0 Å². The van der Waals surface area contributed by atoms with E-state index < -0.39 is 11.9 Å². The van der Waals surface area contributed by atoms with Crippen LogP contribution in [0.3, 0.4) is 0 Å². The van der Waals surface area contributed by atoms with E-state index in [9.17, 15) is 13.6 Å². The Balaban J connectivity index is 2.12. The van der Waals surface area contributed by atoms with Crippen LogP contribution in [0.2, 0.25) is 0 Å². The molecule has 1 N–H and O–H groups in total. The van der Waals surface area contributed by atoms with Crippen LogP contribution in [0.15, 0.2) is 30.3 Å². The van der Waals surface area contributed by atoms with Crippen molar-refractivity contribution in [3.63, 3.8) is 0 Å². The second-order valence-corrected chi connectivity index (χ2v) is 4.44. The maximum atomic E-state index is 13.0. The predicted octanol–water partition coefficient (Wildman–Crippen LogP) is 2.61. The molecule has 1 aromatic heterocycles. The van der Waals surface area contributed by atoms with E-state index in [2.05, 4.69) is 10.3 Å². The molecule has 0 saturated carbocycles. The first kappa shape index (κ1) is 14.9. The monoisotopic (exact) mass is 292 g/mol. The molecule has 0 unspecified atom stereocenters. The fourth-order valence-corrected chi connectivity index (χ4v) is 1.98. The van der Waals surface area contributed by atoms with Crippen molar-refractivity contribution in [1.82, 2.24) is 10.3 Å². The van der Waals surface area contributed by atoms with Crippen LogP contribution in [0, 0.1) is 18.8 Å². The number of benzene rings is 1. The van der Waals surface area contributed by atoms with Gasteiger partial charge in [0.1, 0.15) is 5.75 Å². The lowest BCUT2D eigenvalue weighted by Gasteiger charge is -2.10. The predicted molar refractivity (Wildman–Crippen MR) is 73.1 cm³/mol. The van der Waals surface area contributed by atoms with Crippen LogP contribution < -0.4 is 10.1 Å². The van der Waals surface area contributed by atoms with Crippen molar-refractivity contribution < 1.29 is 18.3 Å². The number of carbonyl (C=O) groups is 1. The number of ether oxygens (including phenoxy) is 1. The van der Waals surface area contributed by atoms with Crippen LogP contribution in [-0.2, 0) is 6.54 Å². The molecule has 0 radical (unpaired) electrons. The Kier molecular flexibility index (Phi) is 4.47. The van der Waals surface area contributed by atoms with Gasteiger partial charge in [-0.2, -0.15) is 13.8 Å². The quantitative estimate of drug-likeness (QED) is 0.881. The first-order chi connectivity index (χ1) is 10.0. The Morgan fingerprint density at radius 3 is 2.57 bits per heavy atom. The van der Waals surface area contributed by atoms with Gasteiger partial charge in [0, 0.05) is 17.7 Å². The smallest absolute Gasteiger partial charge is 0.251 e. The second kappa shape index (κ2) is 6.30. The maximum Gasteiger partial charge on any atom is 0.251 e. The normalized spacial score (nSPS) is 10.3. The van der Waals surface area contributed by atoms with Gasteiger partial charge < -0.3 is 10.1 Å². The minimum absolute atomic E-state index is 0.00580. The SMILES string of the molecule is COc1cccc(C(=O)NCc2cc(F)nc(F)c2)c1C.